The highest BCUT2D eigenvalue weighted by Crippen LogP contribution is 2.22. The summed E-state index contributed by atoms with van der Waals surface area (Å²) in [4.78, 5) is 12.1. The fourth-order valence-electron chi connectivity index (χ4n) is 2.22. The topological polar surface area (TPSA) is 29.1 Å². The maximum Gasteiger partial charge on any atom is 0.227 e. The third-order valence-electron chi connectivity index (χ3n) is 3.28. The highest BCUT2D eigenvalue weighted by molar-refractivity contribution is 5.93. The van der Waals surface area contributed by atoms with Gasteiger partial charge in [0, 0.05) is 11.6 Å². The predicted molar refractivity (Wildman–Crippen MR) is 71.0 cm³/mol. The van der Waals surface area contributed by atoms with Gasteiger partial charge in [-0.25, -0.2) is 0 Å². The largest absolute Gasteiger partial charge is 0.326 e. The molecular formula is C15H19NO. The number of nitrogens with one attached hydrogen (secondary N) is 1. The summed E-state index contributed by atoms with van der Waals surface area (Å²) in [7, 11) is 0. The fourth-order valence-corrected chi connectivity index (χ4v) is 2.22. The first kappa shape index (κ1) is 11.9. The second-order valence-corrected chi connectivity index (χ2v) is 4.79. The van der Waals surface area contributed by atoms with E-state index < -0.39 is 0 Å². The van der Waals surface area contributed by atoms with Crippen molar-refractivity contribution in [2.75, 3.05) is 5.32 Å². The number of allylic oxidation sites excluding steroid dienone is 2. The summed E-state index contributed by atoms with van der Waals surface area (Å²) in [5.74, 6) is 0.294. The van der Waals surface area contributed by atoms with Crippen molar-refractivity contribution in [3.63, 3.8) is 0 Å². The molecule has 0 bridgehead atoms. The van der Waals surface area contributed by atoms with Crippen molar-refractivity contribution >= 4 is 11.6 Å². The summed E-state index contributed by atoms with van der Waals surface area (Å²) in [6.45, 7) is 4.09. The zero-order valence-corrected chi connectivity index (χ0v) is 10.5. The summed E-state index contributed by atoms with van der Waals surface area (Å²) in [5, 5.41) is 3.03. The van der Waals surface area contributed by atoms with E-state index in [1.807, 2.05) is 19.1 Å². The van der Waals surface area contributed by atoms with Crippen molar-refractivity contribution in [3.8, 4) is 0 Å². The molecule has 1 aliphatic rings. The minimum Gasteiger partial charge on any atom is -0.326 e. The molecule has 0 spiro atoms. The number of amides is 1. The maximum atomic E-state index is 12.1. The van der Waals surface area contributed by atoms with Crippen LogP contribution in [0, 0.1) is 19.8 Å². The number of carbonyl (C=O) groups is 1. The quantitative estimate of drug-likeness (QED) is 0.771. The second-order valence-electron chi connectivity index (χ2n) is 4.79. The van der Waals surface area contributed by atoms with Crippen molar-refractivity contribution in [1.29, 1.82) is 0 Å². The average molecular weight is 229 g/mol. The molecule has 1 aromatic carbocycles. The minimum absolute atomic E-state index is 0.140. The molecule has 1 amide bonds. The lowest BCUT2D eigenvalue weighted by Gasteiger charge is -2.18. The number of anilines is 1. The van der Waals surface area contributed by atoms with Gasteiger partial charge >= 0.3 is 0 Å². The Hall–Kier alpha value is -1.57. The van der Waals surface area contributed by atoms with Crippen LogP contribution in [0.4, 0.5) is 5.69 Å². The summed E-state index contributed by atoms with van der Waals surface area (Å²) in [6.07, 6.45) is 7.12. The van der Waals surface area contributed by atoms with Crippen LogP contribution in [0.1, 0.15) is 30.4 Å². The van der Waals surface area contributed by atoms with Gasteiger partial charge in [-0.2, -0.15) is 0 Å². The standard InChI is InChI=1S/C15H19NO/c1-11-8-9-14(12(2)10-11)16-15(17)13-6-4-3-5-7-13/h3-4,8-10,13H,5-7H2,1-2H3,(H,16,17). The second kappa shape index (κ2) is 5.17. The lowest BCUT2D eigenvalue weighted by Crippen LogP contribution is -2.23. The molecule has 17 heavy (non-hydrogen) atoms. The summed E-state index contributed by atoms with van der Waals surface area (Å²) < 4.78 is 0. The van der Waals surface area contributed by atoms with Gasteiger partial charge < -0.3 is 5.32 Å². The molecule has 0 saturated carbocycles. The fraction of sp³-hybridized carbons (Fsp3) is 0.400. The van der Waals surface area contributed by atoms with E-state index in [0.717, 1.165) is 30.5 Å². The summed E-state index contributed by atoms with van der Waals surface area (Å²) in [6, 6.07) is 6.11. The highest BCUT2D eigenvalue weighted by atomic mass is 16.1. The maximum absolute atomic E-state index is 12.1. The number of hydrogen-bond donors (Lipinski definition) is 1. The SMILES string of the molecule is Cc1ccc(NC(=O)C2CC=CCC2)c(C)c1. The smallest absolute Gasteiger partial charge is 0.227 e. The van der Waals surface area contributed by atoms with Gasteiger partial charge in [0.05, 0.1) is 0 Å². The van der Waals surface area contributed by atoms with Gasteiger partial charge in [0.15, 0.2) is 0 Å². The van der Waals surface area contributed by atoms with Gasteiger partial charge in [-0.1, -0.05) is 29.8 Å². The molecule has 0 heterocycles. The van der Waals surface area contributed by atoms with E-state index in [1.165, 1.54) is 5.56 Å². The molecule has 1 atom stereocenters. The third kappa shape index (κ3) is 2.96. The number of benzene rings is 1. The normalized spacial score (nSPS) is 19.1. The molecule has 0 aliphatic heterocycles. The van der Waals surface area contributed by atoms with Crippen LogP contribution in [0.25, 0.3) is 0 Å². The molecule has 1 N–H and O–H groups in total. The molecule has 2 heteroatoms. The van der Waals surface area contributed by atoms with Crippen molar-refractivity contribution < 1.29 is 4.79 Å². The monoisotopic (exact) mass is 229 g/mol. The number of hydrogen-bond acceptors (Lipinski definition) is 1. The lowest BCUT2D eigenvalue weighted by atomic mass is 9.93. The Bertz CT molecular complexity index is 448. The zero-order valence-electron chi connectivity index (χ0n) is 10.5. The predicted octanol–water partition coefficient (Wildman–Crippen LogP) is 3.60. The summed E-state index contributed by atoms with van der Waals surface area (Å²) in [5.41, 5.74) is 3.29. The Balaban J connectivity index is 2.05. The van der Waals surface area contributed by atoms with E-state index in [9.17, 15) is 4.79 Å². The Morgan fingerprint density at radius 3 is 2.76 bits per heavy atom. The van der Waals surface area contributed by atoms with Crippen LogP contribution in [0.15, 0.2) is 30.4 Å². The summed E-state index contributed by atoms with van der Waals surface area (Å²) >= 11 is 0. The number of carbonyl (C=O) groups excluding carboxylic acids is 1. The van der Waals surface area contributed by atoms with E-state index in [1.54, 1.807) is 0 Å². The van der Waals surface area contributed by atoms with Crippen LogP contribution in [-0.4, -0.2) is 5.91 Å². The molecule has 1 aromatic rings. The van der Waals surface area contributed by atoms with E-state index >= 15 is 0 Å². The molecule has 1 aliphatic carbocycles. The van der Waals surface area contributed by atoms with Crippen LogP contribution in [0.3, 0.4) is 0 Å². The van der Waals surface area contributed by atoms with Crippen molar-refractivity contribution in [2.24, 2.45) is 5.92 Å². The van der Waals surface area contributed by atoms with Gasteiger partial charge in [0.25, 0.3) is 0 Å². The molecule has 0 aromatic heterocycles. The third-order valence-corrected chi connectivity index (χ3v) is 3.28. The van der Waals surface area contributed by atoms with Crippen LogP contribution < -0.4 is 5.32 Å². The van der Waals surface area contributed by atoms with Gasteiger partial charge in [-0.3, -0.25) is 4.79 Å². The molecular weight excluding hydrogens is 210 g/mol. The molecule has 2 rings (SSSR count). The van der Waals surface area contributed by atoms with Gasteiger partial charge in [-0.05, 0) is 44.7 Å². The van der Waals surface area contributed by atoms with E-state index in [-0.39, 0.29) is 11.8 Å². The average Bonchev–Trinajstić information content (AvgIpc) is 2.34. The Kier molecular flexibility index (Phi) is 3.62. The lowest BCUT2D eigenvalue weighted by molar-refractivity contribution is -0.120. The first-order chi connectivity index (χ1) is 8.16. The van der Waals surface area contributed by atoms with Crippen molar-refractivity contribution in [2.45, 2.75) is 33.1 Å². The molecule has 0 saturated heterocycles. The molecule has 2 nitrogen and oxygen atoms in total. The Morgan fingerprint density at radius 2 is 2.12 bits per heavy atom. The minimum atomic E-state index is 0.140. The number of aryl methyl sites for hydroxylation is 2. The molecule has 0 radical (unpaired) electrons. The van der Waals surface area contributed by atoms with Crippen LogP contribution in [0.2, 0.25) is 0 Å². The van der Waals surface area contributed by atoms with Gasteiger partial charge in [0.2, 0.25) is 5.91 Å². The van der Waals surface area contributed by atoms with Crippen LogP contribution in [-0.2, 0) is 4.79 Å². The first-order valence-corrected chi connectivity index (χ1v) is 6.20. The van der Waals surface area contributed by atoms with Crippen LogP contribution >= 0.6 is 0 Å². The number of rotatable bonds is 2. The van der Waals surface area contributed by atoms with Crippen LogP contribution in [0.5, 0.6) is 0 Å². The molecule has 0 fully saturated rings. The first-order valence-electron chi connectivity index (χ1n) is 6.20. The zero-order chi connectivity index (χ0) is 12.3. The highest BCUT2D eigenvalue weighted by Gasteiger charge is 2.18. The van der Waals surface area contributed by atoms with E-state index in [2.05, 4.69) is 30.5 Å². The van der Waals surface area contributed by atoms with Crippen molar-refractivity contribution in [3.05, 3.63) is 41.5 Å². The molecule has 1 unspecified atom stereocenters. The van der Waals surface area contributed by atoms with E-state index in [4.69, 9.17) is 0 Å². The Labute approximate surface area is 103 Å². The van der Waals surface area contributed by atoms with E-state index in [0.29, 0.717) is 0 Å². The van der Waals surface area contributed by atoms with Crippen molar-refractivity contribution in [1.82, 2.24) is 0 Å². The Morgan fingerprint density at radius 1 is 1.29 bits per heavy atom. The van der Waals surface area contributed by atoms with Gasteiger partial charge in [0.1, 0.15) is 0 Å². The van der Waals surface area contributed by atoms with Gasteiger partial charge in [-0.15, -0.1) is 0 Å². The molecule has 90 valence electrons.